The van der Waals surface area contributed by atoms with Crippen molar-refractivity contribution in [3.63, 3.8) is 0 Å². The molecule has 3 aromatic rings. The van der Waals surface area contributed by atoms with Crippen LogP contribution in [0.25, 0.3) is 0 Å². The lowest BCUT2D eigenvalue weighted by molar-refractivity contribution is -0.118. The molecule has 1 atom stereocenters. The molecule has 1 aliphatic rings. The van der Waals surface area contributed by atoms with Gasteiger partial charge in [-0.2, -0.15) is 0 Å². The monoisotopic (exact) mass is 442 g/mol. The number of hydrogen-bond acceptors (Lipinski definition) is 7. The fraction of sp³-hybridized carbons (Fsp3) is 0.409. The maximum atomic E-state index is 11.2. The molecule has 1 fully saturated rings. The first kappa shape index (κ1) is 21.5. The molecule has 0 unspecified atom stereocenters. The van der Waals surface area contributed by atoms with E-state index in [9.17, 15) is 4.79 Å². The molecule has 0 aliphatic carbocycles. The molecule has 0 saturated carbocycles. The van der Waals surface area contributed by atoms with Gasteiger partial charge >= 0.3 is 0 Å². The third-order valence-electron chi connectivity index (χ3n) is 5.03. The molecule has 8 nitrogen and oxygen atoms in total. The van der Waals surface area contributed by atoms with Crippen molar-refractivity contribution < 1.29 is 18.7 Å². The normalized spacial score (nSPS) is 15.9. The molecule has 9 heteroatoms. The van der Waals surface area contributed by atoms with Gasteiger partial charge in [0.25, 0.3) is 0 Å². The highest BCUT2D eigenvalue weighted by molar-refractivity contribution is 7.98. The largest absolute Gasteiger partial charge is 0.491 e. The lowest BCUT2D eigenvalue weighted by Gasteiger charge is -2.12. The molecule has 0 radical (unpaired) electrons. The number of carbonyl (C=O) groups is 1. The molecule has 4 rings (SSSR count). The zero-order chi connectivity index (χ0) is 21.5. The number of nitrogens with two attached hydrogens (primary N) is 1. The van der Waals surface area contributed by atoms with Gasteiger partial charge in [-0.25, -0.2) is 0 Å². The third kappa shape index (κ3) is 6.11. The Hall–Kier alpha value is -2.78. The van der Waals surface area contributed by atoms with Crippen LogP contribution in [0.4, 0.5) is 0 Å². The minimum Gasteiger partial charge on any atom is -0.491 e. The quantitative estimate of drug-likeness (QED) is 0.455. The second kappa shape index (κ2) is 10.5. The van der Waals surface area contributed by atoms with Gasteiger partial charge in [0.05, 0.1) is 18.9 Å². The summed E-state index contributed by atoms with van der Waals surface area (Å²) in [4.78, 5) is 11.2. The summed E-state index contributed by atoms with van der Waals surface area (Å²) in [6, 6.07) is 11.8. The fourth-order valence-corrected chi connectivity index (χ4v) is 4.27. The van der Waals surface area contributed by atoms with Crippen LogP contribution in [0.3, 0.4) is 0 Å². The Morgan fingerprint density at radius 2 is 2.13 bits per heavy atom. The Morgan fingerprint density at radius 1 is 1.26 bits per heavy atom. The number of thioether (sulfide) groups is 1. The van der Waals surface area contributed by atoms with Crippen molar-refractivity contribution in [1.29, 1.82) is 0 Å². The zero-order valence-electron chi connectivity index (χ0n) is 17.2. The van der Waals surface area contributed by atoms with Crippen molar-refractivity contribution >= 4 is 17.7 Å². The predicted molar refractivity (Wildman–Crippen MR) is 116 cm³/mol. The zero-order valence-corrected chi connectivity index (χ0v) is 18.1. The van der Waals surface area contributed by atoms with E-state index < -0.39 is 0 Å². The average Bonchev–Trinajstić information content (AvgIpc) is 3.54. The Labute approximate surface area is 185 Å². The number of aryl methyl sites for hydroxylation is 1. The van der Waals surface area contributed by atoms with Gasteiger partial charge in [0.2, 0.25) is 5.91 Å². The van der Waals surface area contributed by atoms with E-state index in [1.165, 1.54) is 0 Å². The van der Waals surface area contributed by atoms with Crippen LogP contribution in [0.15, 0.2) is 52.2 Å². The van der Waals surface area contributed by atoms with E-state index in [1.807, 2.05) is 28.8 Å². The summed E-state index contributed by atoms with van der Waals surface area (Å²) in [5, 5.41) is 9.37. The van der Waals surface area contributed by atoms with Gasteiger partial charge < -0.3 is 19.6 Å². The smallest absolute Gasteiger partial charge is 0.217 e. The number of ether oxygens (including phenoxy) is 2. The molecule has 2 N–H and O–H groups in total. The van der Waals surface area contributed by atoms with E-state index in [1.54, 1.807) is 18.0 Å². The van der Waals surface area contributed by atoms with Crippen LogP contribution in [0.1, 0.15) is 36.4 Å². The first-order valence-electron chi connectivity index (χ1n) is 10.4. The van der Waals surface area contributed by atoms with E-state index in [-0.39, 0.29) is 18.4 Å². The molecule has 1 aliphatic heterocycles. The van der Waals surface area contributed by atoms with Crippen molar-refractivity contribution in [1.82, 2.24) is 14.8 Å². The molecule has 2 aromatic heterocycles. The number of aromatic nitrogens is 3. The Kier molecular flexibility index (Phi) is 7.26. The summed E-state index contributed by atoms with van der Waals surface area (Å²) in [7, 11) is 0. The average molecular weight is 443 g/mol. The standard InChI is InChI=1S/C22H26N4O4S/c23-20(27)9-10-21-24-25-22(26(21)13-18-3-1-11-28-18)31-15-16-5-7-17(8-6-16)30-14-19-4-2-12-29-19/h1,3,5-8,11,19H,2,4,9-10,12-15H2,(H2,23,27)/t19-/m1/s1. The molecule has 164 valence electrons. The summed E-state index contributed by atoms with van der Waals surface area (Å²) in [6.45, 7) is 1.93. The predicted octanol–water partition coefficient (Wildman–Crippen LogP) is 3.19. The van der Waals surface area contributed by atoms with Crippen LogP contribution < -0.4 is 10.5 Å². The van der Waals surface area contributed by atoms with Crippen molar-refractivity contribution in [2.24, 2.45) is 5.73 Å². The van der Waals surface area contributed by atoms with Crippen molar-refractivity contribution in [2.45, 2.75) is 49.2 Å². The van der Waals surface area contributed by atoms with Crippen LogP contribution in [0, 0.1) is 0 Å². The van der Waals surface area contributed by atoms with E-state index in [4.69, 9.17) is 19.6 Å². The first-order chi connectivity index (χ1) is 15.2. The molecule has 1 aromatic carbocycles. The molecule has 31 heavy (non-hydrogen) atoms. The minimum atomic E-state index is -0.358. The van der Waals surface area contributed by atoms with E-state index in [2.05, 4.69) is 22.3 Å². The van der Waals surface area contributed by atoms with Gasteiger partial charge in [-0.1, -0.05) is 23.9 Å². The van der Waals surface area contributed by atoms with Gasteiger partial charge in [-0.05, 0) is 42.7 Å². The number of carbonyl (C=O) groups excluding carboxylic acids is 1. The Bertz CT molecular complexity index is 966. The van der Waals surface area contributed by atoms with E-state index >= 15 is 0 Å². The highest BCUT2D eigenvalue weighted by Gasteiger charge is 2.17. The van der Waals surface area contributed by atoms with E-state index in [0.29, 0.717) is 19.6 Å². The van der Waals surface area contributed by atoms with Crippen LogP contribution in [0.5, 0.6) is 5.75 Å². The number of furan rings is 1. The topological polar surface area (TPSA) is 105 Å². The second-order valence-electron chi connectivity index (χ2n) is 7.41. The summed E-state index contributed by atoms with van der Waals surface area (Å²) >= 11 is 1.59. The number of benzene rings is 1. The first-order valence-corrected chi connectivity index (χ1v) is 11.3. The number of nitrogens with zero attached hydrogens (tertiary/aromatic N) is 3. The maximum Gasteiger partial charge on any atom is 0.217 e. The number of rotatable bonds is 11. The van der Waals surface area contributed by atoms with Gasteiger partial charge in [-0.15, -0.1) is 10.2 Å². The van der Waals surface area contributed by atoms with Gasteiger partial charge in [0, 0.05) is 25.2 Å². The summed E-state index contributed by atoms with van der Waals surface area (Å²) in [5.74, 6) is 2.74. The van der Waals surface area contributed by atoms with Gasteiger partial charge in [0.15, 0.2) is 5.16 Å². The highest BCUT2D eigenvalue weighted by atomic mass is 32.2. The van der Waals surface area contributed by atoms with Crippen LogP contribution in [0.2, 0.25) is 0 Å². The highest BCUT2D eigenvalue weighted by Crippen LogP contribution is 2.25. The second-order valence-corrected chi connectivity index (χ2v) is 8.35. The SMILES string of the molecule is NC(=O)CCc1nnc(SCc2ccc(OC[C@H]3CCCO3)cc2)n1Cc1ccco1. The molecule has 0 bridgehead atoms. The van der Waals surface area contributed by atoms with Crippen LogP contribution >= 0.6 is 11.8 Å². The van der Waals surface area contributed by atoms with Crippen LogP contribution in [-0.4, -0.2) is 40.0 Å². The maximum absolute atomic E-state index is 11.2. The number of primary amides is 1. The summed E-state index contributed by atoms with van der Waals surface area (Å²) in [6.07, 6.45) is 4.69. The van der Waals surface area contributed by atoms with Crippen molar-refractivity contribution in [3.8, 4) is 5.75 Å². The molecular weight excluding hydrogens is 416 g/mol. The molecule has 3 heterocycles. The molecule has 1 amide bonds. The van der Waals surface area contributed by atoms with E-state index in [0.717, 1.165) is 53.3 Å². The van der Waals surface area contributed by atoms with Crippen LogP contribution in [-0.2, 0) is 28.2 Å². The number of amides is 1. The molecule has 0 spiro atoms. The Morgan fingerprint density at radius 3 is 2.84 bits per heavy atom. The van der Waals surface area contributed by atoms with Crippen molar-refractivity contribution in [2.75, 3.05) is 13.2 Å². The van der Waals surface area contributed by atoms with Gasteiger partial charge in [-0.3, -0.25) is 9.36 Å². The van der Waals surface area contributed by atoms with Gasteiger partial charge in [0.1, 0.15) is 23.9 Å². The lowest BCUT2D eigenvalue weighted by Crippen LogP contribution is -2.16. The molecule has 1 saturated heterocycles. The summed E-state index contributed by atoms with van der Waals surface area (Å²) < 4.78 is 18.9. The number of hydrogen-bond donors (Lipinski definition) is 1. The Balaban J connectivity index is 1.37. The lowest BCUT2D eigenvalue weighted by atomic mass is 10.2. The van der Waals surface area contributed by atoms with Crippen molar-refractivity contribution in [3.05, 3.63) is 59.8 Å². The molecular formula is C22H26N4O4S. The third-order valence-corrected chi connectivity index (χ3v) is 6.07. The summed E-state index contributed by atoms with van der Waals surface area (Å²) in [5.41, 5.74) is 6.45. The minimum absolute atomic E-state index is 0.208. The fourth-order valence-electron chi connectivity index (χ4n) is 3.36.